The molecule has 11 heteroatoms. The number of carbonyl (C=O) groups excluding carboxylic acids is 2. The Bertz CT molecular complexity index is 734. The van der Waals surface area contributed by atoms with Gasteiger partial charge in [0.2, 0.25) is 0 Å². The van der Waals surface area contributed by atoms with Crippen LogP contribution in [0.15, 0.2) is 48.5 Å². The van der Waals surface area contributed by atoms with Crippen LogP contribution >= 0.6 is 0 Å². The maximum atomic E-state index is 11.2. The van der Waals surface area contributed by atoms with Crippen molar-refractivity contribution < 1.29 is 44.6 Å². The van der Waals surface area contributed by atoms with E-state index in [9.17, 15) is 9.59 Å². The number of benzene rings is 2. The summed E-state index contributed by atoms with van der Waals surface area (Å²) in [6.45, 7) is 1.64. The van der Waals surface area contributed by atoms with E-state index < -0.39 is 12.1 Å². The number of carbonyl (C=O) groups is 2. The molecule has 0 amide bonds. The Kier molecular flexibility index (Phi) is 24.0. The van der Waals surface area contributed by atoms with E-state index in [-0.39, 0.29) is 89.8 Å². The fourth-order valence-electron chi connectivity index (χ4n) is 1.65. The molecule has 0 unspecified atom stereocenters. The number of aliphatic hydroxyl groups is 3. The minimum Gasteiger partial charge on any atom is -0.508 e. The normalized spacial score (nSPS) is 8.94. The van der Waals surface area contributed by atoms with Gasteiger partial charge in [0.1, 0.15) is 17.6 Å². The molecule has 2 aromatic rings. The molecule has 32 heavy (non-hydrogen) atoms. The molecule has 0 saturated heterocycles. The van der Waals surface area contributed by atoms with Gasteiger partial charge in [-0.15, -0.1) is 0 Å². The third-order valence-corrected chi connectivity index (χ3v) is 3.25. The van der Waals surface area contributed by atoms with E-state index in [2.05, 4.69) is 4.74 Å². The monoisotopic (exact) mass is 470 g/mol. The fraction of sp³-hybridized carbons (Fsp3) is 0.333. The van der Waals surface area contributed by atoms with Crippen LogP contribution in [0.1, 0.15) is 34.1 Å². The zero-order valence-corrected chi connectivity index (χ0v) is 22.9. The third-order valence-electron chi connectivity index (χ3n) is 3.25. The van der Waals surface area contributed by atoms with E-state index in [1.54, 1.807) is 0 Å². The van der Waals surface area contributed by atoms with Gasteiger partial charge in [0.25, 0.3) is 0 Å². The van der Waals surface area contributed by atoms with Gasteiger partial charge in [-0.05, 0) is 55.0 Å². The maximum absolute atomic E-state index is 11.2. The van der Waals surface area contributed by atoms with E-state index in [0.717, 1.165) is 6.42 Å². The number of hydrogen-bond donors (Lipinski definition) is 5. The van der Waals surface area contributed by atoms with E-state index >= 15 is 0 Å². The van der Waals surface area contributed by atoms with Crippen molar-refractivity contribution in [2.24, 2.45) is 0 Å². The molecule has 0 aliphatic rings. The van der Waals surface area contributed by atoms with Crippen molar-refractivity contribution in [2.75, 3.05) is 26.9 Å². The molecular weight excluding hydrogens is 442 g/mol. The first kappa shape index (κ1) is 35.4. The molecule has 2 radical (unpaired) electrons. The van der Waals surface area contributed by atoms with Crippen LogP contribution in [0.3, 0.4) is 0 Å². The van der Waals surface area contributed by atoms with Crippen LogP contribution < -0.4 is 0 Å². The largest absolute Gasteiger partial charge is 0.508 e. The Morgan fingerprint density at radius 1 is 0.812 bits per heavy atom. The maximum Gasteiger partial charge on any atom is 0.338 e. The van der Waals surface area contributed by atoms with Crippen molar-refractivity contribution in [3.63, 3.8) is 0 Å². The van der Waals surface area contributed by atoms with Crippen molar-refractivity contribution in [2.45, 2.75) is 19.4 Å². The smallest absolute Gasteiger partial charge is 0.338 e. The molecule has 2 aromatic carbocycles. The number of hydrogen-bond acceptors (Lipinski definition) is 9. The molecule has 168 valence electrons. The first-order valence-corrected chi connectivity index (χ1v) is 9.02. The van der Waals surface area contributed by atoms with Crippen molar-refractivity contribution in [1.29, 1.82) is 0 Å². The van der Waals surface area contributed by atoms with Crippen LogP contribution in [0.5, 0.6) is 11.5 Å². The zero-order valence-electron chi connectivity index (χ0n) is 18.9. The van der Waals surface area contributed by atoms with Crippen molar-refractivity contribution in [1.82, 2.24) is 0 Å². The van der Waals surface area contributed by atoms with Crippen LogP contribution in [-0.2, 0) is 9.47 Å². The van der Waals surface area contributed by atoms with E-state index in [1.165, 1.54) is 55.6 Å². The second-order valence-corrected chi connectivity index (χ2v) is 5.74. The van der Waals surface area contributed by atoms with Crippen LogP contribution in [0.25, 0.3) is 0 Å². The predicted molar refractivity (Wildman–Crippen MR) is 120 cm³/mol. The summed E-state index contributed by atoms with van der Waals surface area (Å²) in [4.78, 5) is 22.0. The number of methoxy groups -OCH3 is 1. The Labute approximate surface area is 231 Å². The minimum atomic E-state index is -0.954. The molecule has 0 saturated carbocycles. The molecule has 0 heterocycles. The van der Waals surface area contributed by atoms with Crippen molar-refractivity contribution in [3.05, 3.63) is 59.7 Å². The number of phenols is 2. The van der Waals surface area contributed by atoms with Crippen LogP contribution in [0, 0.1) is 0 Å². The Morgan fingerprint density at radius 3 is 1.47 bits per heavy atom. The van der Waals surface area contributed by atoms with Crippen LogP contribution in [-0.4, -0.2) is 130 Å². The number of phenolic OH excluding ortho intramolecular Hbond substituents is 2. The Balaban J connectivity index is -0.000000406. The summed E-state index contributed by atoms with van der Waals surface area (Å²) in [5.41, 5.74) is 0.900. The topological polar surface area (TPSA) is 154 Å². The van der Waals surface area contributed by atoms with Gasteiger partial charge in [-0.1, -0.05) is 6.92 Å². The van der Waals surface area contributed by atoms with Crippen molar-refractivity contribution >= 4 is 71.1 Å². The summed E-state index contributed by atoms with van der Waals surface area (Å²) < 4.78 is 9.35. The summed E-state index contributed by atoms with van der Waals surface area (Å²) in [5, 5.41) is 41.8. The quantitative estimate of drug-likeness (QED) is 0.303. The number of aliphatic hydroxyl groups excluding tert-OH is 3. The van der Waals surface area contributed by atoms with Gasteiger partial charge in [0.05, 0.1) is 38.1 Å². The Hall–Kier alpha value is -1.14. The molecule has 0 bridgehead atoms. The van der Waals surface area contributed by atoms with Gasteiger partial charge in [-0.3, -0.25) is 0 Å². The average molecular weight is 470 g/mol. The average Bonchev–Trinajstić information content (AvgIpc) is 2.78. The van der Waals surface area contributed by atoms with Gasteiger partial charge in [0.15, 0.2) is 0 Å². The number of aromatic hydroxyl groups is 2. The van der Waals surface area contributed by atoms with Gasteiger partial charge >= 0.3 is 11.9 Å². The zero-order chi connectivity index (χ0) is 22.9. The second kappa shape index (κ2) is 21.7. The van der Waals surface area contributed by atoms with E-state index in [4.69, 9.17) is 30.3 Å². The second-order valence-electron chi connectivity index (χ2n) is 5.74. The SMILES string of the molecule is CCCOC(=O)c1ccc(O)cc1.COC(=O)c1ccc(O)cc1.OCC(O)CO.[Na].[Na]. The summed E-state index contributed by atoms with van der Waals surface area (Å²) in [6, 6.07) is 11.9. The first-order chi connectivity index (χ1) is 14.3. The molecule has 5 N–H and O–H groups in total. The van der Waals surface area contributed by atoms with Gasteiger partial charge < -0.3 is 35.0 Å². The molecule has 0 aliphatic carbocycles. The number of esters is 2. The molecule has 0 fully saturated rings. The Morgan fingerprint density at radius 2 is 1.19 bits per heavy atom. The van der Waals surface area contributed by atoms with Crippen molar-refractivity contribution in [3.8, 4) is 11.5 Å². The molecule has 0 aliphatic heterocycles. The molecule has 0 spiro atoms. The van der Waals surface area contributed by atoms with Gasteiger partial charge in [-0.25, -0.2) is 9.59 Å². The van der Waals surface area contributed by atoms with Gasteiger partial charge in [0, 0.05) is 59.1 Å². The number of rotatable bonds is 6. The summed E-state index contributed by atoms with van der Waals surface area (Å²) in [5.74, 6) is -0.462. The standard InChI is InChI=1S/C10H12O3.C8H8O3.C3H8O3.2Na/c1-2-7-13-10(12)8-3-5-9(11)6-4-8;1-11-8(10)6-2-4-7(9)5-3-6;4-1-3(6)2-5;;/h3-6,11H,2,7H2,1H3;2-5,9H,1H3;3-6H,1-2H2;;. The molecule has 0 aromatic heterocycles. The first-order valence-electron chi connectivity index (χ1n) is 9.02. The summed E-state index contributed by atoms with van der Waals surface area (Å²) in [7, 11) is 1.31. The fourth-order valence-corrected chi connectivity index (χ4v) is 1.65. The predicted octanol–water partition coefficient (Wildman–Crippen LogP) is 0.708. The molecule has 0 atom stereocenters. The van der Waals surface area contributed by atoms with Crippen LogP contribution in [0.2, 0.25) is 0 Å². The molecular formula is C21H28Na2O9. The van der Waals surface area contributed by atoms with Gasteiger partial charge in [-0.2, -0.15) is 0 Å². The van der Waals surface area contributed by atoms with E-state index in [1.807, 2.05) is 6.92 Å². The summed E-state index contributed by atoms with van der Waals surface area (Å²) in [6.07, 6.45) is -0.144. The third kappa shape index (κ3) is 16.5. The molecule has 9 nitrogen and oxygen atoms in total. The minimum absolute atomic E-state index is 0. The number of ether oxygens (including phenoxy) is 2. The molecule has 2 rings (SSSR count). The van der Waals surface area contributed by atoms with Crippen LogP contribution in [0.4, 0.5) is 0 Å². The van der Waals surface area contributed by atoms with E-state index in [0.29, 0.717) is 17.7 Å². The summed E-state index contributed by atoms with van der Waals surface area (Å²) >= 11 is 0.